The number of halogens is 1. The number of methoxy groups -OCH3 is 2. The number of nitrogens with one attached hydrogen (secondary N) is 1. The van der Waals surface area contributed by atoms with Gasteiger partial charge in [-0.15, -0.1) is 0 Å². The van der Waals surface area contributed by atoms with Gasteiger partial charge in [0.15, 0.2) is 11.5 Å². The summed E-state index contributed by atoms with van der Waals surface area (Å²) in [6, 6.07) is 3.59. The van der Waals surface area contributed by atoms with E-state index in [1.54, 1.807) is 20.3 Å². The van der Waals surface area contributed by atoms with Crippen molar-refractivity contribution >= 4 is 11.6 Å². The fraction of sp³-hybridized carbons (Fsp3) is 0.538. The van der Waals surface area contributed by atoms with Gasteiger partial charge in [0.2, 0.25) is 0 Å². The fourth-order valence-corrected chi connectivity index (χ4v) is 1.79. The molecule has 0 aromatic heterocycles. The third-order valence-corrected chi connectivity index (χ3v) is 2.88. The van der Waals surface area contributed by atoms with Crippen LogP contribution < -0.4 is 14.8 Å². The molecule has 6 heteroatoms. The van der Waals surface area contributed by atoms with Crippen LogP contribution in [0.5, 0.6) is 11.5 Å². The zero-order chi connectivity index (χ0) is 14.1. The predicted octanol–water partition coefficient (Wildman–Crippen LogP) is 1.46. The van der Waals surface area contributed by atoms with E-state index in [1.807, 2.05) is 6.07 Å². The molecule has 1 rings (SSSR count). The first-order chi connectivity index (χ1) is 9.22. The van der Waals surface area contributed by atoms with Crippen molar-refractivity contribution in [3.63, 3.8) is 0 Å². The third kappa shape index (κ3) is 5.24. The summed E-state index contributed by atoms with van der Waals surface area (Å²) >= 11 is 6.16. The lowest BCUT2D eigenvalue weighted by Crippen LogP contribution is -2.20. The maximum absolute atomic E-state index is 8.56. The molecule has 0 amide bonds. The van der Waals surface area contributed by atoms with Crippen LogP contribution in [0, 0.1) is 0 Å². The van der Waals surface area contributed by atoms with Crippen molar-refractivity contribution in [1.82, 2.24) is 5.32 Å². The number of ether oxygens (including phenoxy) is 3. The number of hydrogen-bond donors (Lipinski definition) is 2. The summed E-state index contributed by atoms with van der Waals surface area (Å²) in [5.74, 6) is 1.27. The topological polar surface area (TPSA) is 60.0 Å². The molecule has 0 bridgehead atoms. The molecule has 0 aliphatic heterocycles. The average Bonchev–Trinajstić information content (AvgIpc) is 2.43. The monoisotopic (exact) mass is 289 g/mol. The molecule has 0 atom stereocenters. The first kappa shape index (κ1) is 16.0. The Morgan fingerprint density at radius 2 is 1.84 bits per heavy atom. The highest BCUT2D eigenvalue weighted by atomic mass is 35.5. The highest BCUT2D eigenvalue weighted by Gasteiger charge is 2.09. The van der Waals surface area contributed by atoms with Crippen molar-refractivity contribution in [2.75, 3.05) is 40.6 Å². The minimum atomic E-state index is 0.0432. The number of hydrogen-bond acceptors (Lipinski definition) is 5. The maximum Gasteiger partial charge on any atom is 0.162 e. The highest BCUT2D eigenvalue weighted by molar-refractivity contribution is 6.31. The van der Waals surface area contributed by atoms with Gasteiger partial charge >= 0.3 is 0 Å². The van der Waals surface area contributed by atoms with Gasteiger partial charge in [0.1, 0.15) is 0 Å². The second-order valence-corrected chi connectivity index (χ2v) is 4.22. The van der Waals surface area contributed by atoms with E-state index in [-0.39, 0.29) is 6.61 Å². The predicted molar refractivity (Wildman–Crippen MR) is 74.2 cm³/mol. The molecule has 0 radical (unpaired) electrons. The standard InChI is InChI=1S/C13H20ClNO4/c1-17-12-7-10(11(14)8-13(12)18-2)9-15-3-5-19-6-4-16/h7-8,15-16H,3-6,9H2,1-2H3. The lowest BCUT2D eigenvalue weighted by Gasteiger charge is -2.12. The second kappa shape index (κ2) is 8.98. The van der Waals surface area contributed by atoms with Gasteiger partial charge in [-0.05, 0) is 11.6 Å². The van der Waals surface area contributed by atoms with E-state index in [4.69, 9.17) is 30.9 Å². The zero-order valence-corrected chi connectivity index (χ0v) is 12.0. The van der Waals surface area contributed by atoms with Crippen molar-refractivity contribution in [1.29, 1.82) is 0 Å². The maximum atomic E-state index is 8.56. The number of aliphatic hydroxyl groups is 1. The summed E-state index contributed by atoms with van der Waals surface area (Å²) in [7, 11) is 3.16. The van der Waals surface area contributed by atoms with E-state index < -0.39 is 0 Å². The Balaban J connectivity index is 2.49. The summed E-state index contributed by atoms with van der Waals surface area (Å²) in [4.78, 5) is 0. The molecule has 19 heavy (non-hydrogen) atoms. The van der Waals surface area contributed by atoms with Crippen LogP contribution in [0.3, 0.4) is 0 Å². The zero-order valence-electron chi connectivity index (χ0n) is 11.2. The Hall–Kier alpha value is -1.01. The lowest BCUT2D eigenvalue weighted by atomic mass is 10.2. The Morgan fingerprint density at radius 3 is 2.47 bits per heavy atom. The summed E-state index contributed by atoms with van der Waals surface area (Å²) < 4.78 is 15.5. The van der Waals surface area contributed by atoms with Crippen LogP contribution >= 0.6 is 11.6 Å². The van der Waals surface area contributed by atoms with E-state index in [2.05, 4.69) is 5.32 Å². The summed E-state index contributed by atoms with van der Waals surface area (Å²) in [5, 5.41) is 12.4. The van der Waals surface area contributed by atoms with E-state index in [0.29, 0.717) is 42.8 Å². The molecule has 5 nitrogen and oxygen atoms in total. The molecular weight excluding hydrogens is 270 g/mol. The van der Waals surface area contributed by atoms with Crippen molar-refractivity contribution in [3.8, 4) is 11.5 Å². The smallest absolute Gasteiger partial charge is 0.162 e. The SMILES string of the molecule is COc1cc(Cl)c(CNCCOCCO)cc1OC. The fourth-order valence-electron chi connectivity index (χ4n) is 1.57. The first-order valence-corrected chi connectivity index (χ1v) is 6.40. The van der Waals surface area contributed by atoms with Gasteiger partial charge in [0.25, 0.3) is 0 Å². The molecule has 108 valence electrons. The Kier molecular flexibility index (Phi) is 7.59. The molecule has 0 spiro atoms. The van der Waals surface area contributed by atoms with Crippen LogP contribution in [0.15, 0.2) is 12.1 Å². The second-order valence-electron chi connectivity index (χ2n) is 3.81. The van der Waals surface area contributed by atoms with Gasteiger partial charge in [-0.2, -0.15) is 0 Å². The van der Waals surface area contributed by atoms with Gasteiger partial charge < -0.3 is 24.6 Å². The van der Waals surface area contributed by atoms with Crippen molar-refractivity contribution in [2.24, 2.45) is 0 Å². The van der Waals surface area contributed by atoms with E-state index >= 15 is 0 Å². The molecule has 0 fully saturated rings. The molecule has 0 heterocycles. The van der Waals surface area contributed by atoms with Gasteiger partial charge in [0.05, 0.1) is 34.0 Å². The largest absolute Gasteiger partial charge is 0.493 e. The van der Waals surface area contributed by atoms with Crippen LogP contribution in [0.4, 0.5) is 0 Å². The van der Waals surface area contributed by atoms with Crippen LogP contribution in [0.2, 0.25) is 5.02 Å². The summed E-state index contributed by atoms with van der Waals surface area (Å²) in [5.41, 5.74) is 0.932. The minimum absolute atomic E-state index is 0.0432. The minimum Gasteiger partial charge on any atom is -0.493 e. The molecule has 0 saturated carbocycles. The molecule has 1 aromatic carbocycles. The molecule has 0 unspecified atom stereocenters. The molecule has 1 aromatic rings. The summed E-state index contributed by atoms with van der Waals surface area (Å²) in [6.45, 7) is 2.25. The Morgan fingerprint density at radius 1 is 1.16 bits per heavy atom. The normalized spacial score (nSPS) is 10.5. The van der Waals surface area contributed by atoms with Crippen molar-refractivity contribution in [3.05, 3.63) is 22.7 Å². The van der Waals surface area contributed by atoms with Crippen LogP contribution in [0.1, 0.15) is 5.56 Å². The van der Waals surface area contributed by atoms with E-state index in [9.17, 15) is 0 Å². The molecule has 0 aliphatic carbocycles. The van der Waals surface area contributed by atoms with Gasteiger partial charge in [-0.1, -0.05) is 11.6 Å². The molecular formula is C13H20ClNO4. The highest BCUT2D eigenvalue weighted by Crippen LogP contribution is 2.32. The summed E-state index contributed by atoms with van der Waals surface area (Å²) in [6.07, 6.45) is 0. The van der Waals surface area contributed by atoms with Crippen LogP contribution in [0.25, 0.3) is 0 Å². The number of rotatable bonds is 9. The van der Waals surface area contributed by atoms with Crippen molar-refractivity contribution in [2.45, 2.75) is 6.54 Å². The van der Waals surface area contributed by atoms with Crippen molar-refractivity contribution < 1.29 is 19.3 Å². The van der Waals surface area contributed by atoms with E-state index in [0.717, 1.165) is 5.56 Å². The molecule has 0 aliphatic rings. The van der Waals surface area contributed by atoms with Gasteiger partial charge in [-0.25, -0.2) is 0 Å². The third-order valence-electron chi connectivity index (χ3n) is 2.53. The lowest BCUT2D eigenvalue weighted by molar-refractivity contribution is 0.0938. The molecule has 2 N–H and O–H groups in total. The molecule has 0 saturated heterocycles. The quantitative estimate of drug-likeness (QED) is 0.674. The van der Waals surface area contributed by atoms with Gasteiger partial charge in [-0.3, -0.25) is 0 Å². The van der Waals surface area contributed by atoms with Crippen LogP contribution in [-0.2, 0) is 11.3 Å². The number of aliphatic hydroxyl groups excluding tert-OH is 1. The Labute approximate surface area is 118 Å². The average molecular weight is 290 g/mol. The van der Waals surface area contributed by atoms with Crippen LogP contribution in [-0.4, -0.2) is 45.7 Å². The van der Waals surface area contributed by atoms with Gasteiger partial charge in [0, 0.05) is 24.2 Å². The van der Waals surface area contributed by atoms with E-state index in [1.165, 1.54) is 0 Å². The number of benzene rings is 1. The Bertz CT molecular complexity index is 387. The first-order valence-electron chi connectivity index (χ1n) is 6.02.